The lowest BCUT2D eigenvalue weighted by Gasteiger charge is -2.17. The summed E-state index contributed by atoms with van der Waals surface area (Å²) in [5.41, 5.74) is 3.36. The summed E-state index contributed by atoms with van der Waals surface area (Å²) in [5, 5.41) is 6.99. The highest BCUT2D eigenvalue weighted by Crippen LogP contribution is 2.30. The van der Waals surface area contributed by atoms with E-state index in [9.17, 15) is 0 Å². The van der Waals surface area contributed by atoms with Crippen molar-refractivity contribution in [3.8, 4) is 11.1 Å². The van der Waals surface area contributed by atoms with Crippen LogP contribution >= 0.6 is 0 Å². The molecule has 2 N–H and O–H groups in total. The van der Waals surface area contributed by atoms with E-state index in [0.717, 1.165) is 35.0 Å². The highest BCUT2D eigenvalue weighted by atomic mass is 15.1. The molecule has 1 aliphatic rings. The van der Waals surface area contributed by atoms with Gasteiger partial charge in [0.2, 0.25) is 0 Å². The summed E-state index contributed by atoms with van der Waals surface area (Å²) in [6.07, 6.45) is 7.03. The van der Waals surface area contributed by atoms with Crippen LogP contribution in [-0.2, 0) is 0 Å². The van der Waals surface area contributed by atoms with Gasteiger partial charge in [-0.05, 0) is 44.4 Å². The Morgan fingerprint density at radius 2 is 2.05 bits per heavy atom. The molecular weight excluding hydrogens is 272 g/mol. The van der Waals surface area contributed by atoms with Crippen molar-refractivity contribution in [3.05, 3.63) is 36.3 Å². The summed E-state index contributed by atoms with van der Waals surface area (Å²) in [6.45, 7) is 4.97. The minimum absolute atomic E-state index is 0.546. The molecule has 0 atom stereocenters. The van der Waals surface area contributed by atoms with Crippen LogP contribution in [0.25, 0.3) is 11.1 Å². The second kappa shape index (κ2) is 6.77. The van der Waals surface area contributed by atoms with Gasteiger partial charge in [0.15, 0.2) is 0 Å². The van der Waals surface area contributed by atoms with E-state index in [1.165, 1.54) is 25.7 Å². The van der Waals surface area contributed by atoms with Gasteiger partial charge in [0.05, 0.1) is 0 Å². The zero-order chi connectivity index (χ0) is 15.4. The molecule has 22 heavy (non-hydrogen) atoms. The lowest BCUT2D eigenvalue weighted by Crippen LogP contribution is -2.16. The topological polar surface area (TPSA) is 49.8 Å². The van der Waals surface area contributed by atoms with Crippen LogP contribution in [0.5, 0.6) is 0 Å². The Morgan fingerprint density at radius 1 is 1.23 bits per heavy atom. The number of benzene rings is 1. The van der Waals surface area contributed by atoms with E-state index in [-0.39, 0.29) is 0 Å². The minimum atomic E-state index is 0.546. The van der Waals surface area contributed by atoms with Crippen LogP contribution in [0.4, 0.5) is 11.5 Å². The summed E-state index contributed by atoms with van der Waals surface area (Å²) in [6, 6.07) is 9.00. The maximum absolute atomic E-state index is 4.65. The number of aryl methyl sites for hydroxylation is 1. The molecule has 1 aromatic heterocycles. The van der Waals surface area contributed by atoms with Gasteiger partial charge in [-0.3, -0.25) is 0 Å². The Balaban J connectivity index is 1.93. The fraction of sp³-hybridized carbons (Fsp3) is 0.444. The minimum Gasteiger partial charge on any atom is -0.385 e. The maximum Gasteiger partial charge on any atom is 0.137 e. The van der Waals surface area contributed by atoms with Gasteiger partial charge in [-0.15, -0.1) is 0 Å². The molecule has 0 unspecified atom stereocenters. The van der Waals surface area contributed by atoms with E-state index in [1.807, 2.05) is 13.1 Å². The molecule has 116 valence electrons. The molecule has 0 radical (unpaired) electrons. The van der Waals surface area contributed by atoms with Crippen LogP contribution < -0.4 is 10.6 Å². The number of hydrogen-bond donors (Lipinski definition) is 2. The fourth-order valence-electron chi connectivity index (χ4n) is 3.06. The molecule has 1 fully saturated rings. The van der Waals surface area contributed by atoms with Crippen LogP contribution in [0.2, 0.25) is 0 Å². The molecule has 4 nitrogen and oxygen atoms in total. The first-order valence-electron chi connectivity index (χ1n) is 8.20. The molecule has 3 rings (SSSR count). The summed E-state index contributed by atoms with van der Waals surface area (Å²) in [5.74, 6) is 1.78. The van der Waals surface area contributed by atoms with Crippen LogP contribution in [0, 0.1) is 6.92 Å². The Labute approximate surface area is 132 Å². The number of hydrogen-bond acceptors (Lipinski definition) is 4. The van der Waals surface area contributed by atoms with Gasteiger partial charge in [0.25, 0.3) is 0 Å². The van der Waals surface area contributed by atoms with E-state index in [4.69, 9.17) is 0 Å². The standard InChI is InChI=1S/C18H24N4/c1-3-19-16-10-6-7-14(11-16)17-12-20-13(2)21-18(17)22-15-8-4-5-9-15/h6-7,10-12,15,19H,3-5,8-9H2,1-2H3,(H,20,21,22). The van der Waals surface area contributed by atoms with Gasteiger partial charge < -0.3 is 10.6 Å². The monoisotopic (exact) mass is 296 g/mol. The Morgan fingerprint density at radius 3 is 2.82 bits per heavy atom. The molecule has 0 amide bonds. The highest BCUT2D eigenvalue weighted by molar-refractivity contribution is 5.77. The first kappa shape index (κ1) is 14.8. The van der Waals surface area contributed by atoms with Crippen molar-refractivity contribution >= 4 is 11.5 Å². The molecule has 2 aromatic rings. The fourth-order valence-corrected chi connectivity index (χ4v) is 3.06. The lowest BCUT2D eigenvalue weighted by molar-refractivity contribution is 0.749. The third-order valence-corrected chi connectivity index (χ3v) is 4.16. The van der Waals surface area contributed by atoms with Crippen LogP contribution in [0.3, 0.4) is 0 Å². The highest BCUT2D eigenvalue weighted by Gasteiger charge is 2.17. The van der Waals surface area contributed by atoms with Crippen molar-refractivity contribution in [2.45, 2.75) is 45.6 Å². The molecule has 0 spiro atoms. The molecule has 1 aromatic carbocycles. The normalized spacial score (nSPS) is 15.0. The second-order valence-corrected chi connectivity index (χ2v) is 5.92. The predicted molar refractivity (Wildman–Crippen MR) is 92.2 cm³/mol. The van der Waals surface area contributed by atoms with Crippen LogP contribution in [-0.4, -0.2) is 22.6 Å². The van der Waals surface area contributed by atoms with Gasteiger partial charge in [0.1, 0.15) is 11.6 Å². The molecule has 1 aliphatic carbocycles. The van der Waals surface area contributed by atoms with Crippen molar-refractivity contribution in [1.29, 1.82) is 0 Å². The molecular formula is C18H24N4. The number of anilines is 2. The SMILES string of the molecule is CCNc1cccc(-c2cnc(C)nc2NC2CCCC2)c1. The zero-order valence-electron chi connectivity index (χ0n) is 13.4. The Hall–Kier alpha value is -2.10. The zero-order valence-corrected chi connectivity index (χ0v) is 13.4. The lowest BCUT2D eigenvalue weighted by atomic mass is 10.1. The largest absolute Gasteiger partial charge is 0.385 e. The quantitative estimate of drug-likeness (QED) is 0.866. The number of aromatic nitrogens is 2. The van der Waals surface area contributed by atoms with Crippen molar-refractivity contribution in [2.75, 3.05) is 17.2 Å². The Bertz CT molecular complexity index is 633. The van der Waals surface area contributed by atoms with Crippen molar-refractivity contribution < 1.29 is 0 Å². The van der Waals surface area contributed by atoms with Gasteiger partial charge in [-0.25, -0.2) is 9.97 Å². The van der Waals surface area contributed by atoms with Crippen molar-refractivity contribution in [1.82, 2.24) is 9.97 Å². The van der Waals surface area contributed by atoms with Gasteiger partial charge in [-0.2, -0.15) is 0 Å². The van der Waals surface area contributed by atoms with Crippen molar-refractivity contribution in [2.24, 2.45) is 0 Å². The molecule has 1 saturated carbocycles. The smallest absolute Gasteiger partial charge is 0.137 e. The van der Waals surface area contributed by atoms with E-state index >= 15 is 0 Å². The molecule has 4 heteroatoms. The van der Waals surface area contributed by atoms with E-state index < -0.39 is 0 Å². The first-order chi connectivity index (χ1) is 10.8. The maximum atomic E-state index is 4.65. The number of rotatable bonds is 5. The van der Waals surface area contributed by atoms with E-state index in [2.05, 4.69) is 51.8 Å². The Kier molecular flexibility index (Phi) is 4.56. The first-order valence-corrected chi connectivity index (χ1v) is 8.20. The van der Waals surface area contributed by atoms with Crippen LogP contribution in [0.15, 0.2) is 30.5 Å². The number of nitrogens with one attached hydrogen (secondary N) is 2. The summed E-state index contributed by atoms with van der Waals surface area (Å²) in [4.78, 5) is 9.04. The molecule has 0 bridgehead atoms. The van der Waals surface area contributed by atoms with E-state index in [0.29, 0.717) is 6.04 Å². The van der Waals surface area contributed by atoms with Gasteiger partial charge >= 0.3 is 0 Å². The molecule has 1 heterocycles. The summed E-state index contributed by atoms with van der Waals surface area (Å²) < 4.78 is 0. The molecule has 0 aliphatic heterocycles. The van der Waals surface area contributed by atoms with Gasteiger partial charge in [-0.1, -0.05) is 25.0 Å². The summed E-state index contributed by atoms with van der Waals surface area (Å²) >= 11 is 0. The second-order valence-electron chi connectivity index (χ2n) is 5.92. The van der Waals surface area contributed by atoms with Crippen molar-refractivity contribution in [3.63, 3.8) is 0 Å². The average molecular weight is 296 g/mol. The van der Waals surface area contributed by atoms with E-state index in [1.54, 1.807) is 0 Å². The number of nitrogens with zero attached hydrogens (tertiary/aromatic N) is 2. The third-order valence-electron chi connectivity index (χ3n) is 4.16. The summed E-state index contributed by atoms with van der Waals surface area (Å²) in [7, 11) is 0. The molecule has 0 saturated heterocycles. The van der Waals surface area contributed by atoms with Gasteiger partial charge in [0, 0.05) is 30.0 Å². The third kappa shape index (κ3) is 3.38. The average Bonchev–Trinajstić information content (AvgIpc) is 3.01. The van der Waals surface area contributed by atoms with Crippen LogP contribution in [0.1, 0.15) is 38.4 Å². The predicted octanol–water partition coefficient (Wildman–Crippen LogP) is 4.24.